The Hall–Kier alpha value is 0.0600. The van der Waals surface area contributed by atoms with Crippen LogP contribution in [0.15, 0.2) is 15.9 Å². The van der Waals surface area contributed by atoms with Crippen LogP contribution in [-0.2, 0) is 15.9 Å². The molecule has 1 aliphatic heterocycles. The van der Waals surface area contributed by atoms with Gasteiger partial charge in [-0.25, -0.2) is 0 Å². The second-order valence-corrected chi connectivity index (χ2v) is 7.40. The van der Waals surface area contributed by atoms with Gasteiger partial charge in [-0.1, -0.05) is 0 Å². The molecule has 1 aromatic heterocycles. The smallest absolute Gasteiger partial charge is 0.0701 e. The number of hydrogen-bond acceptors (Lipinski definition) is 4. The molecule has 1 fully saturated rings. The van der Waals surface area contributed by atoms with Crippen LogP contribution in [0, 0.1) is 5.41 Å². The molecule has 1 saturated heterocycles. The van der Waals surface area contributed by atoms with Gasteiger partial charge in [-0.2, -0.15) is 0 Å². The van der Waals surface area contributed by atoms with E-state index in [1.54, 1.807) is 7.11 Å². The Morgan fingerprint density at radius 2 is 2.44 bits per heavy atom. The van der Waals surface area contributed by atoms with E-state index in [1.807, 2.05) is 11.3 Å². The first kappa shape index (κ1) is 14.5. The Balaban J connectivity index is 1.89. The summed E-state index contributed by atoms with van der Waals surface area (Å²) in [6.45, 7) is 4.43. The third-order valence-electron chi connectivity index (χ3n) is 3.35. The number of methoxy groups -OCH3 is 1. The van der Waals surface area contributed by atoms with Crippen LogP contribution >= 0.6 is 27.3 Å². The highest BCUT2D eigenvalue weighted by molar-refractivity contribution is 9.11. The summed E-state index contributed by atoms with van der Waals surface area (Å²) in [5, 5.41) is 3.48. The van der Waals surface area contributed by atoms with Gasteiger partial charge in [-0.3, -0.25) is 0 Å². The summed E-state index contributed by atoms with van der Waals surface area (Å²) < 4.78 is 11.9. The van der Waals surface area contributed by atoms with Crippen LogP contribution in [0.4, 0.5) is 0 Å². The first-order valence-electron chi connectivity index (χ1n) is 6.26. The Kier molecular flexibility index (Phi) is 5.63. The lowest BCUT2D eigenvalue weighted by Gasteiger charge is -2.27. The van der Waals surface area contributed by atoms with Gasteiger partial charge < -0.3 is 14.8 Å². The van der Waals surface area contributed by atoms with Crippen molar-refractivity contribution in [2.45, 2.75) is 12.8 Å². The molecule has 0 aromatic carbocycles. The number of halogens is 1. The predicted molar refractivity (Wildman–Crippen MR) is 78.3 cm³/mol. The van der Waals surface area contributed by atoms with Crippen LogP contribution in [-0.4, -0.2) is 40.0 Å². The lowest BCUT2D eigenvalue weighted by atomic mass is 9.83. The third-order valence-corrected chi connectivity index (χ3v) is 4.97. The van der Waals surface area contributed by atoms with Gasteiger partial charge >= 0.3 is 0 Å². The van der Waals surface area contributed by atoms with Crippen LogP contribution in [0.3, 0.4) is 0 Å². The highest BCUT2D eigenvalue weighted by Crippen LogP contribution is 2.35. The quantitative estimate of drug-likeness (QED) is 0.778. The highest BCUT2D eigenvalue weighted by Gasteiger charge is 2.35. The standard InChI is InChI=1S/C13H20BrNO2S/c1-16-7-5-15-9-13(4-6-17-10-13)8-11-2-3-12(14)18-11/h2-3,15H,4-10H2,1H3. The van der Waals surface area contributed by atoms with Crippen molar-refractivity contribution in [2.75, 3.05) is 40.0 Å². The van der Waals surface area contributed by atoms with Gasteiger partial charge in [0, 0.05) is 37.1 Å². The van der Waals surface area contributed by atoms with E-state index in [0.717, 1.165) is 45.8 Å². The molecule has 0 bridgehead atoms. The van der Waals surface area contributed by atoms with Crippen LogP contribution in [0.5, 0.6) is 0 Å². The van der Waals surface area contributed by atoms with Crippen molar-refractivity contribution in [3.05, 3.63) is 20.8 Å². The van der Waals surface area contributed by atoms with Gasteiger partial charge in [0.25, 0.3) is 0 Å². The minimum Gasteiger partial charge on any atom is -0.383 e. The largest absolute Gasteiger partial charge is 0.383 e. The van der Waals surface area contributed by atoms with Crippen molar-refractivity contribution in [3.8, 4) is 0 Å². The maximum atomic E-state index is 5.62. The summed E-state index contributed by atoms with van der Waals surface area (Å²) in [5.74, 6) is 0. The van der Waals surface area contributed by atoms with E-state index in [4.69, 9.17) is 9.47 Å². The van der Waals surface area contributed by atoms with Gasteiger partial charge in [-0.15, -0.1) is 11.3 Å². The SMILES string of the molecule is COCCNCC1(Cc2ccc(Br)s2)CCOC1. The summed E-state index contributed by atoms with van der Waals surface area (Å²) in [4.78, 5) is 1.43. The normalized spacial score (nSPS) is 23.7. The third kappa shape index (κ3) is 4.03. The number of ether oxygens (including phenoxy) is 2. The fraction of sp³-hybridized carbons (Fsp3) is 0.692. The van der Waals surface area contributed by atoms with Crippen LogP contribution in [0.1, 0.15) is 11.3 Å². The van der Waals surface area contributed by atoms with Gasteiger partial charge in [0.15, 0.2) is 0 Å². The highest BCUT2D eigenvalue weighted by atomic mass is 79.9. The molecule has 0 saturated carbocycles. The molecule has 0 spiro atoms. The number of nitrogens with one attached hydrogen (secondary N) is 1. The second-order valence-electron chi connectivity index (χ2n) is 4.85. The maximum absolute atomic E-state index is 5.62. The van der Waals surface area contributed by atoms with Gasteiger partial charge in [0.2, 0.25) is 0 Å². The minimum absolute atomic E-state index is 0.262. The van der Waals surface area contributed by atoms with E-state index >= 15 is 0 Å². The molecule has 1 aliphatic rings. The molecule has 1 unspecified atom stereocenters. The zero-order valence-corrected chi connectivity index (χ0v) is 13.1. The monoisotopic (exact) mass is 333 g/mol. The molecular weight excluding hydrogens is 314 g/mol. The molecule has 0 amide bonds. The minimum atomic E-state index is 0.262. The summed E-state index contributed by atoms with van der Waals surface area (Å²) in [6.07, 6.45) is 2.24. The van der Waals surface area contributed by atoms with Crippen molar-refractivity contribution in [1.82, 2.24) is 5.32 Å². The van der Waals surface area contributed by atoms with Crippen LogP contribution in [0.2, 0.25) is 0 Å². The van der Waals surface area contributed by atoms with Crippen molar-refractivity contribution in [1.29, 1.82) is 0 Å². The van der Waals surface area contributed by atoms with E-state index < -0.39 is 0 Å². The molecule has 18 heavy (non-hydrogen) atoms. The fourth-order valence-corrected chi connectivity index (χ4v) is 3.99. The Bertz CT molecular complexity index is 364. The number of thiophene rings is 1. The molecule has 102 valence electrons. The molecule has 1 atom stereocenters. The van der Waals surface area contributed by atoms with E-state index in [2.05, 4.69) is 33.4 Å². The Morgan fingerprint density at radius 1 is 1.56 bits per heavy atom. The summed E-state index contributed by atoms with van der Waals surface area (Å²) >= 11 is 5.35. The van der Waals surface area contributed by atoms with E-state index in [-0.39, 0.29) is 5.41 Å². The van der Waals surface area contributed by atoms with Crippen molar-refractivity contribution >= 4 is 27.3 Å². The second kappa shape index (κ2) is 7.01. The van der Waals surface area contributed by atoms with E-state index in [9.17, 15) is 0 Å². The Labute approximate surface area is 121 Å². The molecule has 0 aliphatic carbocycles. The number of rotatable bonds is 7. The fourth-order valence-electron chi connectivity index (χ4n) is 2.33. The van der Waals surface area contributed by atoms with E-state index in [0.29, 0.717) is 0 Å². The summed E-state index contributed by atoms with van der Waals surface area (Å²) in [7, 11) is 1.74. The van der Waals surface area contributed by atoms with Crippen LogP contribution < -0.4 is 5.32 Å². The van der Waals surface area contributed by atoms with Crippen molar-refractivity contribution in [3.63, 3.8) is 0 Å². The average molecular weight is 334 g/mol. The summed E-state index contributed by atoms with van der Waals surface area (Å²) in [5.41, 5.74) is 0.262. The topological polar surface area (TPSA) is 30.5 Å². The first-order valence-corrected chi connectivity index (χ1v) is 7.87. The van der Waals surface area contributed by atoms with Gasteiger partial charge in [-0.05, 0) is 40.9 Å². The maximum Gasteiger partial charge on any atom is 0.0701 e. The van der Waals surface area contributed by atoms with E-state index in [1.165, 1.54) is 8.66 Å². The average Bonchev–Trinajstić information content (AvgIpc) is 2.96. The Morgan fingerprint density at radius 3 is 3.06 bits per heavy atom. The molecule has 2 heterocycles. The molecule has 0 radical (unpaired) electrons. The molecule has 1 N–H and O–H groups in total. The van der Waals surface area contributed by atoms with Crippen LogP contribution in [0.25, 0.3) is 0 Å². The molecule has 1 aromatic rings. The molecule has 2 rings (SSSR count). The number of hydrogen-bond donors (Lipinski definition) is 1. The lowest BCUT2D eigenvalue weighted by Crippen LogP contribution is -2.37. The first-order chi connectivity index (χ1) is 8.74. The van der Waals surface area contributed by atoms with Crippen molar-refractivity contribution in [2.24, 2.45) is 5.41 Å². The predicted octanol–water partition coefficient (Wildman–Crippen LogP) is 2.70. The lowest BCUT2D eigenvalue weighted by molar-refractivity contribution is 0.145. The zero-order chi connectivity index (χ0) is 12.8. The zero-order valence-electron chi connectivity index (χ0n) is 10.7. The molecule has 5 heteroatoms. The van der Waals surface area contributed by atoms with Gasteiger partial charge in [0.1, 0.15) is 0 Å². The van der Waals surface area contributed by atoms with Crippen molar-refractivity contribution < 1.29 is 9.47 Å². The van der Waals surface area contributed by atoms with Gasteiger partial charge in [0.05, 0.1) is 17.0 Å². The molecule has 3 nitrogen and oxygen atoms in total. The molecular formula is C13H20BrNO2S. The summed E-state index contributed by atoms with van der Waals surface area (Å²) in [6, 6.07) is 4.34.